The maximum atomic E-state index is 13.7. The van der Waals surface area contributed by atoms with Crippen LogP contribution in [0.4, 0.5) is 22.0 Å². The Balaban J connectivity index is 1.87. The molecule has 1 saturated heterocycles. The zero-order valence-corrected chi connectivity index (χ0v) is 20.5. The molecule has 0 saturated carbocycles. The van der Waals surface area contributed by atoms with Crippen molar-refractivity contribution in [2.45, 2.75) is 83.0 Å². The Bertz CT molecular complexity index is 972. The molecule has 3 unspecified atom stereocenters. The van der Waals surface area contributed by atoms with E-state index in [1.54, 1.807) is 0 Å². The molecule has 0 radical (unpaired) electrons. The van der Waals surface area contributed by atoms with Gasteiger partial charge in [-0.25, -0.2) is 8.78 Å². The van der Waals surface area contributed by atoms with Crippen LogP contribution in [-0.2, 0) is 17.6 Å². The van der Waals surface area contributed by atoms with Crippen molar-refractivity contribution in [3.05, 3.63) is 70.8 Å². The molecule has 3 atom stereocenters. The number of hydrogen-bond donors (Lipinski definition) is 1. The summed E-state index contributed by atoms with van der Waals surface area (Å²) in [5.41, 5.74) is 2.54. The van der Waals surface area contributed by atoms with Gasteiger partial charge in [0, 0.05) is 31.0 Å². The highest BCUT2D eigenvalue weighted by atomic mass is 19.4. The second-order valence-corrected chi connectivity index (χ2v) is 9.86. The van der Waals surface area contributed by atoms with Gasteiger partial charge < -0.3 is 5.11 Å². The lowest BCUT2D eigenvalue weighted by Crippen LogP contribution is -2.44. The van der Waals surface area contributed by atoms with Gasteiger partial charge in [-0.2, -0.15) is 13.2 Å². The van der Waals surface area contributed by atoms with Gasteiger partial charge in [-0.3, -0.25) is 9.69 Å². The van der Waals surface area contributed by atoms with Crippen LogP contribution in [0.1, 0.15) is 74.6 Å². The van der Waals surface area contributed by atoms with Crippen molar-refractivity contribution in [3.63, 3.8) is 0 Å². The maximum absolute atomic E-state index is 13.7. The van der Waals surface area contributed by atoms with Crippen molar-refractivity contribution in [2.24, 2.45) is 5.92 Å². The van der Waals surface area contributed by atoms with Gasteiger partial charge in [0.1, 0.15) is 11.6 Å². The summed E-state index contributed by atoms with van der Waals surface area (Å²) in [6.07, 6.45) is -1.78. The van der Waals surface area contributed by atoms with Gasteiger partial charge in [-0.1, -0.05) is 37.6 Å². The first-order valence-electron chi connectivity index (χ1n) is 12.6. The van der Waals surface area contributed by atoms with Crippen LogP contribution in [0.5, 0.6) is 0 Å². The highest BCUT2D eigenvalue weighted by Gasteiger charge is 2.37. The maximum Gasteiger partial charge on any atom is 0.389 e. The molecule has 3 nitrogen and oxygen atoms in total. The molecule has 0 amide bonds. The quantitative estimate of drug-likeness (QED) is 0.318. The number of alkyl halides is 3. The Morgan fingerprint density at radius 1 is 1.03 bits per heavy atom. The molecule has 0 aliphatic carbocycles. The van der Waals surface area contributed by atoms with Gasteiger partial charge in [0.05, 0.1) is 0 Å². The van der Waals surface area contributed by atoms with Crippen LogP contribution in [0.15, 0.2) is 42.5 Å². The summed E-state index contributed by atoms with van der Waals surface area (Å²) in [7, 11) is 0. The smallest absolute Gasteiger partial charge is 0.389 e. The van der Waals surface area contributed by atoms with Crippen molar-refractivity contribution < 1.29 is 31.9 Å². The van der Waals surface area contributed by atoms with Crippen LogP contribution in [0, 0.1) is 17.6 Å². The first kappa shape index (κ1) is 28.1. The Labute approximate surface area is 209 Å². The van der Waals surface area contributed by atoms with E-state index < -0.39 is 36.2 Å². The summed E-state index contributed by atoms with van der Waals surface area (Å²) in [5.74, 6) is -2.38. The monoisotopic (exact) mass is 511 g/mol. The molecular weight excluding hydrogens is 477 g/mol. The second-order valence-electron chi connectivity index (χ2n) is 9.86. The number of rotatable bonds is 11. The molecule has 2 aromatic carbocycles. The van der Waals surface area contributed by atoms with Crippen LogP contribution in [0.2, 0.25) is 0 Å². The van der Waals surface area contributed by atoms with E-state index in [0.29, 0.717) is 31.4 Å². The molecule has 0 spiro atoms. The van der Waals surface area contributed by atoms with Crippen molar-refractivity contribution in [1.29, 1.82) is 0 Å². The van der Waals surface area contributed by atoms with Crippen LogP contribution >= 0.6 is 0 Å². The van der Waals surface area contributed by atoms with Crippen molar-refractivity contribution in [1.82, 2.24) is 4.90 Å². The average Bonchev–Trinajstić information content (AvgIpc) is 2.78. The number of carboxylic acids is 1. The number of aliphatic carboxylic acids is 1. The summed E-state index contributed by atoms with van der Waals surface area (Å²) in [6.45, 7) is 2.56. The van der Waals surface area contributed by atoms with Gasteiger partial charge in [-0.15, -0.1) is 0 Å². The molecule has 8 heteroatoms. The summed E-state index contributed by atoms with van der Waals surface area (Å²) in [4.78, 5) is 13.4. The van der Waals surface area contributed by atoms with Crippen LogP contribution in [0.25, 0.3) is 0 Å². The van der Waals surface area contributed by atoms with Gasteiger partial charge in [-0.05, 0) is 79.8 Å². The lowest BCUT2D eigenvalue weighted by atomic mass is 9.83. The predicted octanol–water partition coefficient (Wildman–Crippen LogP) is 7.49. The van der Waals surface area contributed by atoms with E-state index in [-0.39, 0.29) is 31.2 Å². The van der Waals surface area contributed by atoms with Crippen LogP contribution < -0.4 is 0 Å². The number of hydrogen-bond acceptors (Lipinski definition) is 2. The standard InChI is InChI=1S/C28H34F5NO2/c1-2-3-19-4-7-22(8-5-19)26-16-21(17-27(35)36)11-13-34(26)25(10-12-28(31,32)33)9-6-20-14-23(29)18-24(30)15-20/h4-5,7-8,14-15,18,21,25-26H,2-3,6,9-13,16-17H2,1H3,(H,35,36). The number of halogens is 5. The van der Waals surface area contributed by atoms with Crippen molar-refractivity contribution >= 4 is 5.97 Å². The number of aryl methyl sites for hydroxylation is 2. The van der Waals surface area contributed by atoms with E-state index >= 15 is 0 Å². The Morgan fingerprint density at radius 3 is 2.28 bits per heavy atom. The summed E-state index contributed by atoms with van der Waals surface area (Å²) >= 11 is 0. The van der Waals surface area contributed by atoms with Crippen LogP contribution in [-0.4, -0.2) is 34.7 Å². The average molecular weight is 512 g/mol. The molecule has 3 rings (SSSR count). The topological polar surface area (TPSA) is 40.5 Å². The van der Waals surface area contributed by atoms with E-state index in [1.165, 1.54) is 17.7 Å². The number of carboxylic acid groups (broad SMARTS) is 1. The summed E-state index contributed by atoms with van der Waals surface area (Å²) < 4.78 is 67.0. The van der Waals surface area contributed by atoms with Crippen molar-refractivity contribution in [2.75, 3.05) is 6.54 Å². The third-order valence-electron chi connectivity index (χ3n) is 7.04. The molecule has 2 aromatic rings. The molecule has 1 N–H and O–H groups in total. The normalized spacial score (nSPS) is 19.8. The van der Waals surface area contributed by atoms with E-state index in [0.717, 1.165) is 24.5 Å². The predicted molar refractivity (Wildman–Crippen MR) is 129 cm³/mol. The molecule has 1 aliphatic rings. The van der Waals surface area contributed by atoms with Crippen LogP contribution in [0.3, 0.4) is 0 Å². The largest absolute Gasteiger partial charge is 0.481 e. The van der Waals surface area contributed by atoms with Gasteiger partial charge in [0.15, 0.2) is 0 Å². The van der Waals surface area contributed by atoms with E-state index in [9.17, 15) is 31.9 Å². The summed E-state index contributed by atoms with van der Waals surface area (Å²) in [6, 6.07) is 10.6. The molecule has 0 bridgehead atoms. The van der Waals surface area contributed by atoms with E-state index in [4.69, 9.17) is 0 Å². The highest BCUT2D eigenvalue weighted by Crippen LogP contribution is 2.39. The Kier molecular flexibility index (Phi) is 9.88. The number of piperidine rings is 1. The Hall–Kier alpha value is -2.48. The third kappa shape index (κ3) is 8.57. The molecule has 36 heavy (non-hydrogen) atoms. The number of nitrogens with zero attached hydrogens (tertiary/aromatic N) is 1. The number of carbonyl (C=O) groups is 1. The number of likely N-dealkylation sites (tertiary alicyclic amines) is 1. The number of benzene rings is 2. The van der Waals surface area contributed by atoms with E-state index in [1.807, 2.05) is 24.3 Å². The van der Waals surface area contributed by atoms with Crippen molar-refractivity contribution in [3.8, 4) is 0 Å². The fourth-order valence-electron chi connectivity index (χ4n) is 5.34. The third-order valence-corrected chi connectivity index (χ3v) is 7.04. The minimum absolute atomic E-state index is 0.0219. The minimum Gasteiger partial charge on any atom is -0.481 e. The molecule has 198 valence electrons. The molecular formula is C28H34F5NO2. The SMILES string of the molecule is CCCc1ccc(C2CC(CC(=O)O)CCN2C(CCc2cc(F)cc(F)c2)CCC(F)(F)F)cc1. The zero-order valence-electron chi connectivity index (χ0n) is 20.5. The lowest BCUT2D eigenvalue weighted by Gasteiger charge is -2.44. The second kappa shape index (κ2) is 12.7. The molecule has 0 aromatic heterocycles. The Morgan fingerprint density at radius 2 is 1.69 bits per heavy atom. The van der Waals surface area contributed by atoms with Gasteiger partial charge in [0.2, 0.25) is 0 Å². The van der Waals surface area contributed by atoms with Gasteiger partial charge in [0.25, 0.3) is 0 Å². The summed E-state index contributed by atoms with van der Waals surface area (Å²) in [5, 5.41) is 9.32. The highest BCUT2D eigenvalue weighted by molar-refractivity contribution is 5.67. The fourth-order valence-corrected chi connectivity index (χ4v) is 5.34. The minimum atomic E-state index is -4.32. The van der Waals surface area contributed by atoms with E-state index in [2.05, 4.69) is 11.8 Å². The lowest BCUT2D eigenvalue weighted by molar-refractivity contribution is -0.141. The molecule has 1 fully saturated rings. The molecule has 1 aliphatic heterocycles. The molecule has 1 heterocycles. The first-order chi connectivity index (χ1) is 17.0. The van der Waals surface area contributed by atoms with Gasteiger partial charge >= 0.3 is 12.1 Å². The first-order valence-corrected chi connectivity index (χ1v) is 12.6. The zero-order chi connectivity index (χ0) is 26.3. The fraction of sp³-hybridized carbons (Fsp3) is 0.536.